The average molecular weight is 443 g/mol. The number of carbonyl (C=O) groups is 1. The van der Waals surface area contributed by atoms with Crippen molar-refractivity contribution in [2.24, 2.45) is 5.92 Å². The maximum atomic E-state index is 12.6. The van der Waals surface area contributed by atoms with E-state index in [2.05, 4.69) is 15.6 Å². The van der Waals surface area contributed by atoms with Gasteiger partial charge in [0.2, 0.25) is 5.91 Å². The van der Waals surface area contributed by atoms with Crippen LogP contribution in [0.1, 0.15) is 51.4 Å². The number of para-hydroxylation sites is 1. The number of aliphatic hydroxyl groups excluding tert-OH is 1. The summed E-state index contributed by atoms with van der Waals surface area (Å²) in [5, 5.41) is 21.5. The Kier molecular flexibility index (Phi) is 7.76. The van der Waals surface area contributed by atoms with Gasteiger partial charge in [-0.05, 0) is 44.2 Å². The Hall–Kier alpha value is -2.45. The molecule has 0 bridgehead atoms. The lowest BCUT2D eigenvalue weighted by Crippen LogP contribution is -2.52. The van der Waals surface area contributed by atoms with Crippen LogP contribution in [-0.4, -0.2) is 58.0 Å². The largest absolute Gasteiger partial charge is 0.496 e. The highest BCUT2D eigenvalue weighted by atomic mass is 16.5. The van der Waals surface area contributed by atoms with Crippen LogP contribution in [0.15, 0.2) is 30.5 Å². The average Bonchev–Trinajstić information content (AvgIpc) is 3.32. The van der Waals surface area contributed by atoms with Crippen molar-refractivity contribution < 1.29 is 19.4 Å². The van der Waals surface area contributed by atoms with Crippen LogP contribution >= 0.6 is 0 Å². The molecule has 1 amide bonds. The fourth-order valence-corrected chi connectivity index (χ4v) is 4.84. The summed E-state index contributed by atoms with van der Waals surface area (Å²) >= 11 is 0. The van der Waals surface area contributed by atoms with Gasteiger partial charge in [-0.25, -0.2) is 0 Å². The van der Waals surface area contributed by atoms with E-state index in [4.69, 9.17) is 9.47 Å². The zero-order valence-electron chi connectivity index (χ0n) is 18.8. The van der Waals surface area contributed by atoms with Gasteiger partial charge in [-0.1, -0.05) is 36.6 Å². The first-order valence-corrected chi connectivity index (χ1v) is 11.8. The molecule has 174 valence electrons. The van der Waals surface area contributed by atoms with Crippen molar-refractivity contribution in [3.05, 3.63) is 30.5 Å². The zero-order valence-corrected chi connectivity index (χ0v) is 18.8. The number of methoxy groups -OCH3 is 1. The summed E-state index contributed by atoms with van der Waals surface area (Å²) < 4.78 is 13.4. The highest BCUT2D eigenvalue weighted by molar-refractivity contribution is 5.79. The first-order chi connectivity index (χ1) is 15.7. The molecule has 3 atom stereocenters. The second-order valence-corrected chi connectivity index (χ2v) is 8.86. The van der Waals surface area contributed by atoms with Crippen LogP contribution in [0.5, 0.6) is 5.75 Å². The molecule has 2 fully saturated rings. The van der Waals surface area contributed by atoms with E-state index in [9.17, 15) is 9.90 Å². The Labute approximate surface area is 189 Å². The molecule has 4 rings (SSSR count). The van der Waals surface area contributed by atoms with Crippen molar-refractivity contribution in [2.45, 2.75) is 76.2 Å². The minimum Gasteiger partial charge on any atom is -0.496 e. The summed E-state index contributed by atoms with van der Waals surface area (Å²) in [7, 11) is 1.64. The molecule has 32 heavy (non-hydrogen) atoms. The fourth-order valence-electron chi connectivity index (χ4n) is 4.84. The van der Waals surface area contributed by atoms with Gasteiger partial charge in [0.25, 0.3) is 0 Å². The number of amides is 1. The SMILES string of the molecule is COc1ccccc1-c1cn(CC[C@H]2CC[C@@H](NC(=O)C3CCCCC3)[C@@H](CO)O2)nn1. The summed E-state index contributed by atoms with van der Waals surface area (Å²) in [6.45, 7) is 0.581. The smallest absolute Gasteiger partial charge is 0.223 e. The molecule has 8 nitrogen and oxygen atoms in total. The normalized spacial score (nSPS) is 24.2. The molecule has 1 aromatic carbocycles. The molecule has 0 spiro atoms. The van der Waals surface area contributed by atoms with Gasteiger partial charge in [0, 0.05) is 18.0 Å². The number of nitrogens with one attached hydrogen (secondary N) is 1. The molecule has 0 radical (unpaired) electrons. The van der Waals surface area contributed by atoms with Crippen molar-refractivity contribution in [1.29, 1.82) is 0 Å². The van der Waals surface area contributed by atoms with Gasteiger partial charge in [0.1, 0.15) is 17.5 Å². The highest BCUT2D eigenvalue weighted by Gasteiger charge is 2.33. The van der Waals surface area contributed by atoms with Gasteiger partial charge >= 0.3 is 0 Å². The predicted molar refractivity (Wildman–Crippen MR) is 120 cm³/mol. The molecular weight excluding hydrogens is 408 g/mol. The van der Waals surface area contributed by atoms with E-state index in [0.29, 0.717) is 6.54 Å². The van der Waals surface area contributed by atoms with E-state index in [-0.39, 0.29) is 36.7 Å². The number of hydrogen-bond acceptors (Lipinski definition) is 6. The van der Waals surface area contributed by atoms with E-state index < -0.39 is 0 Å². The minimum absolute atomic E-state index is 0.0221. The lowest BCUT2D eigenvalue weighted by atomic mass is 9.88. The van der Waals surface area contributed by atoms with Gasteiger partial charge in [0.05, 0.1) is 32.1 Å². The molecular formula is C24H34N4O4. The second-order valence-electron chi connectivity index (χ2n) is 8.86. The van der Waals surface area contributed by atoms with Gasteiger partial charge in [-0.15, -0.1) is 5.10 Å². The van der Waals surface area contributed by atoms with Crippen LogP contribution in [0.4, 0.5) is 0 Å². The lowest BCUT2D eigenvalue weighted by molar-refractivity contribution is -0.133. The zero-order chi connectivity index (χ0) is 22.3. The number of aliphatic hydroxyl groups is 1. The van der Waals surface area contributed by atoms with E-state index in [1.807, 2.05) is 35.1 Å². The number of ether oxygens (including phenoxy) is 2. The van der Waals surface area contributed by atoms with E-state index in [0.717, 1.165) is 62.0 Å². The van der Waals surface area contributed by atoms with Crippen molar-refractivity contribution in [1.82, 2.24) is 20.3 Å². The Morgan fingerprint density at radius 2 is 2.03 bits per heavy atom. The van der Waals surface area contributed by atoms with Crippen LogP contribution in [0.2, 0.25) is 0 Å². The first-order valence-electron chi connectivity index (χ1n) is 11.8. The fraction of sp³-hybridized carbons (Fsp3) is 0.625. The predicted octanol–water partition coefficient (Wildman–Crippen LogP) is 2.95. The highest BCUT2D eigenvalue weighted by Crippen LogP contribution is 2.28. The van der Waals surface area contributed by atoms with E-state index in [1.165, 1.54) is 6.42 Å². The quantitative estimate of drug-likeness (QED) is 0.652. The number of benzene rings is 1. The van der Waals surface area contributed by atoms with Crippen molar-refractivity contribution in [3.8, 4) is 17.0 Å². The van der Waals surface area contributed by atoms with Gasteiger partial charge < -0.3 is 19.9 Å². The Morgan fingerprint density at radius 3 is 2.81 bits per heavy atom. The number of carbonyl (C=O) groups excluding carboxylic acids is 1. The molecule has 1 aliphatic heterocycles. The van der Waals surface area contributed by atoms with Crippen molar-refractivity contribution in [2.75, 3.05) is 13.7 Å². The van der Waals surface area contributed by atoms with Crippen LogP contribution in [-0.2, 0) is 16.1 Å². The van der Waals surface area contributed by atoms with Crippen molar-refractivity contribution in [3.63, 3.8) is 0 Å². The summed E-state index contributed by atoms with van der Waals surface area (Å²) in [4.78, 5) is 12.6. The lowest BCUT2D eigenvalue weighted by Gasteiger charge is -2.37. The maximum absolute atomic E-state index is 12.6. The van der Waals surface area contributed by atoms with E-state index in [1.54, 1.807) is 7.11 Å². The maximum Gasteiger partial charge on any atom is 0.223 e. The molecule has 8 heteroatoms. The molecule has 1 aliphatic carbocycles. The molecule has 2 heterocycles. The Balaban J connectivity index is 1.28. The number of aromatic nitrogens is 3. The Morgan fingerprint density at radius 1 is 1.22 bits per heavy atom. The summed E-state index contributed by atoms with van der Waals surface area (Å²) in [6, 6.07) is 7.63. The number of nitrogens with zero attached hydrogens (tertiary/aromatic N) is 3. The molecule has 1 aromatic heterocycles. The first kappa shape index (κ1) is 22.7. The van der Waals surface area contributed by atoms with Crippen LogP contribution in [0.3, 0.4) is 0 Å². The number of hydrogen-bond donors (Lipinski definition) is 2. The molecule has 2 N–H and O–H groups in total. The monoisotopic (exact) mass is 442 g/mol. The molecule has 1 saturated carbocycles. The van der Waals surface area contributed by atoms with E-state index >= 15 is 0 Å². The molecule has 2 aromatic rings. The van der Waals surface area contributed by atoms with Crippen molar-refractivity contribution >= 4 is 5.91 Å². The standard InChI is InChI=1S/C24H34N4O4/c1-31-22-10-6-5-9-19(22)21-15-28(27-26-21)14-13-18-11-12-20(23(16-29)32-18)25-24(30)17-7-3-2-4-8-17/h5-6,9-10,15,17-18,20,23,29H,2-4,7-8,11-14,16H2,1H3,(H,25,30)/t18-,20-,23-/m1/s1. The minimum atomic E-state index is -0.360. The number of aryl methyl sites for hydroxylation is 1. The van der Waals surface area contributed by atoms with Gasteiger partial charge in [-0.3, -0.25) is 9.48 Å². The third kappa shape index (κ3) is 5.48. The van der Waals surface area contributed by atoms with Crippen LogP contribution in [0.25, 0.3) is 11.3 Å². The molecule has 2 aliphatic rings. The third-order valence-corrected chi connectivity index (χ3v) is 6.70. The molecule has 1 saturated heterocycles. The second kappa shape index (κ2) is 10.9. The molecule has 0 unspecified atom stereocenters. The summed E-state index contributed by atoms with van der Waals surface area (Å²) in [6.07, 6.45) is 9.45. The summed E-state index contributed by atoms with van der Waals surface area (Å²) in [5.41, 5.74) is 1.68. The topological polar surface area (TPSA) is 98.5 Å². The Bertz CT molecular complexity index is 880. The summed E-state index contributed by atoms with van der Waals surface area (Å²) in [5.74, 6) is 1.01. The van der Waals surface area contributed by atoms with Gasteiger partial charge in [0.15, 0.2) is 0 Å². The van der Waals surface area contributed by atoms with Gasteiger partial charge in [-0.2, -0.15) is 0 Å². The van der Waals surface area contributed by atoms with Crippen LogP contribution in [0, 0.1) is 5.92 Å². The van der Waals surface area contributed by atoms with Crippen LogP contribution < -0.4 is 10.1 Å². The third-order valence-electron chi connectivity index (χ3n) is 6.70. The number of rotatable bonds is 8.